The van der Waals surface area contributed by atoms with Crippen LogP contribution in [-0.4, -0.2) is 35.0 Å². The summed E-state index contributed by atoms with van der Waals surface area (Å²) in [6, 6.07) is 18.1. The summed E-state index contributed by atoms with van der Waals surface area (Å²) in [5.74, 6) is 0.740. The van der Waals surface area contributed by atoms with Gasteiger partial charge < -0.3 is 10.2 Å². The molecule has 0 aliphatic carbocycles. The van der Waals surface area contributed by atoms with Crippen LogP contribution in [-0.2, 0) is 6.42 Å². The van der Waals surface area contributed by atoms with Crippen LogP contribution in [0.3, 0.4) is 0 Å². The number of benzene rings is 2. The minimum absolute atomic E-state index is 0.0491. The van der Waals surface area contributed by atoms with Gasteiger partial charge in [0.1, 0.15) is 0 Å². The van der Waals surface area contributed by atoms with Gasteiger partial charge in [-0.2, -0.15) is 0 Å². The Bertz CT molecular complexity index is 966. The second kappa shape index (κ2) is 9.53. The number of hydrogen-bond acceptors (Lipinski definition) is 4. The molecule has 0 unspecified atom stereocenters. The number of carbonyl (C=O) groups is 1. The summed E-state index contributed by atoms with van der Waals surface area (Å²) in [7, 11) is 0. The summed E-state index contributed by atoms with van der Waals surface area (Å²) < 4.78 is 0. The standard InChI is InChI=1S/C25H28N4O/c1-19(12-13-20-8-3-2-4-9-20)28-24(30)22-11-7-10-21(16-22)23-17-26-25(27-18-23)29-14-5-6-15-29/h2-4,7-11,16-19H,5-6,12-15H2,1H3,(H,28,30)/t19-/m1/s1. The molecule has 0 radical (unpaired) electrons. The van der Waals surface area contributed by atoms with E-state index in [0.29, 0.717) is 5.56 Å². The van der Waals surface area contributed by atoms with E-state index in [4.69, 9.17) is 0 Å². The molecule has 1 saturated heterocycles. The van der Waals surface area contributed by atoms with Gasteiger partial charge in [0.2, 0.25) is 5.95 Å². The maximum absolute atomic E-state index is 12.7. The Morgan fingerprint density at radius 2 is 1.73 bits per heavy atom. The Hall–Kier alpha value is -3.21. The summed E-state index contributed by atoms with van der Waals surface area (Å²) in [4.78, 5) is 24.0. The molecule has 0 bridgehead atoms. The molecule has 1 amide bonds. The Kier molecular flexibility index (Phi) is 6.38. The second-order valence-electron chi connectivity index (χ2n) is 7.95. The molecule has 154 valence electrons. The van der Waals surface area contributed by atoms with Gasteiger partial charge in [-0.05, 0) is 55.9 Å². The zero-order chi connectivity index (χ0) is 20.8. The molecule has 1 aliphatic heterocycles. The van der Waals surface area contributed by atoms with Gasteiger partial charge in [0.15, 0.2) is 0 Å². The Balaban J connectivity index is 1.38. The minimum Gasteiger partial charge on any atom is -0.350 e. The molecular formula is C25H28N4O. The molecule has 5 nitrogen and oxygen atoms in total. The van der Waals surface area contributed by atoms with E-state index in [1.807, 2.05) is 54.9 Å². The van der Waals surface area contributed by atoms with E-state index < -0.39 is 0 Å². The van der Waals surface area contributed by atoms with Crippen LogP contribution in [0.5, 0.6) is 0 Å². The van der Waals surface area contributed by atoms with Crippen LogP contribution in [0.4, 0.5) is 5.95 Å². The maximum atomic E-state index is 12.7. The normalized spacial score (nSPS) is 14.5. The highest BCUT2D eigenvalue weighted by Crippen LogP contribution is 2.22. The monoisotopic (exact) mass is 400 g/mol. The number of nitrogens with zero attached hydrogens (tertiary/aromatic N) is 3. The maximum Gasteiger partial charge on any atom is 0.251 e. The van der Waals surface area contributed by atoms with Gasteiger partial charge in [0.25, 0.3) is 5.91 Å². The van der Waals surface area contributed by atoms with Gasteiger partial charge >= 0.3 is 0 Å². The van der Waals surface area contributed by atoms with E-state index in [9.17, 15) is 4.79 Å². The van der Waals surface area contributed by atoms with Crippen molar-refractivity contribution in [2.45, 2.75) is 38.6 Å². The molecule has 3 aromatic rings. The number of aryl methyl sites for hydroxylation is 1. The summed E-state index contributed by atoms with van der Waals surface area (Å²) in [6.45, 7) is 4.10. The van der Waals surface area contributed by atoms with Crippen molar-refractivity contribution in [3.63, 3.8) is 0 Å². The molecule has 1 aliphatic rings. The highest BCUT2D eigenvalue weighted by Gasteiger charge is 2.15. The highest BCUT2D eigenvalue weighted by molar-refractivity contribution is 5.95. The average molecular weight is 401 g/mol. The van der Waals surface area contributed by atoms with E-state index in [0.717, 1.165) is 43.0 Å². The third kappa shape index (κ3) is 5.03. The van der Waals surface area contributed by atoms with Gasteiger partial charge in [-0.15, -0.1) is 0 Å². The van der Waals surface area contributed by atoms with Crippen molar-refractivity contribution in [3.8, 4) is 11.1 Å². The van der Waals surface area contributed by atoms with Crippen molar-refractivity contribution < 1.29 is 4.79 Å². The zero-order valence-electron chi connectivity index (χ0n) is 17.4. The fourth-order valence-electron chi connectivity index (χ4n) is 3.80. The van der Waals surface area contributed by atoms with E-state index in [2.05, 4.69) is 39.2 Å². The smallest absolute Gasteiger partial charge is 0.251 e. The number of carbonyl (C=O) groups excluding carboxylic acids is 1. The number of amides is 1. The summed E-state index contributed by atoms with van der Waals surface area (Å²) in [5.41, 5.74) is 3.82. The molecule has 1 aromatic heterocycles. The zero-order valence-corrected chi connectivity index (χ0v) is 17.4. The predicted octanol–water partition coefficient (Wildman–Crippen LogP) is 4.49. The molecule has 5 heteroatoms. The summed E-state index contributed by atoms with van der Waals surface area (Å²) in [5, 5.41) is 3.11. The molecule has 2 heterocycles. The van der Waals surface area contributed by atoms with Crippen molar-refractivity contribution in [1.82, 2.24) is 15.3 Å². The van der Waals surface area contributed by atoms with Gasteiger partial charge in [-0.1, -0.05) is 42.5 Å². The largest absolute Gasteiger partial charge is 0.350 e. The fraction of sp³-hybridized carbons (Fsp3) is 0.320. The first kappa shape index (κ1) is 20.1. The molecule has 2 aromatic carbocycles. The van der Waals surface area contributed by atoms with Crippen LogP contribution in [0.1, 0.15) is 42.1 Å². The first-order valence-electron chi connectivity index (χ1n) is 10.7. The summed E-state index contributed by atoms with van der Waals surface area (Å²) >= 11 is 0. The minimum atomic E-state index is -0.0491. The van der Waals surface area contributed by atoms with Crippen LogP contribution in [0.15, 0.2) is 67.0 Å². The topological polar surface area (TPSA) is 58.1 Å². The number of nitrogens with one attached hydrogen (secondary N) is 1. The first-order chi connectivity index (χ1) is 14.7. The average Bonchev–Trinajstić information content (AvgIpc) is 3.34. The van der Waals surface area contributed by atoms with Crippen molar-refractivity contribution in [2.24, 2.45) is 0 Å². The van der Waals surface area contributed by atoms with Crippen LogP contribution < -0.4 is 10.2 Å². The number of rotatable bonds is 7. The van der Waals surface area contributed by atoms with Gasteiger partial charge in [0.05, 0.1) is 0 Å². The molecule has 0 spiro atoms. The first-order valence-corrected chi connectivity index (χ1v) is 10.7. The lowest BCUT2D eigenvalue weighted by Gasteiger charge is -2.15. The molecule has 4 rings (SSSR count). The van der Waals surface area contributed by atoms with Gasteiger partial charge in [-0.25, -0.2) is 9.97 Å². The molecule has 1 atom stereocenters. The van der Waals surface area contributed by atoms with E-state index in [1.165, 1.54) is 18.4 Å². The van der Waals surface area contributed by atoms with Crippen LogP contribution >= 0.6 is 0 Å². The van der Waals surface area contributed by atoms with E-state index in [-0.39, 0.29) is 11.9 Å². The highest BCUT2D eigenvalue weighted by atomic mass is 16.1. The third-order valence-electron chi connectivity index (χ3n) is 5.57. The van der Waals surface area contributed by atoms with Gasteiger partial charge in [0, 0.05) is 42.7 Å². The van der Waals surface area contributed by atoms with Crippen LogP contribution in [0.25, 0.3) is 11.1 Å². The lowest BCUT2D eigenvalue weighted by Crippen LogP contribution is -2.32. The quantitative estimate of drug-likeness (QED) is 0.635. The molecule has 0 saturated carbocycles. The summed E-state index contributed by atoms with van der Waals surface area (Å²) in [6.07, 6.45) is 7.95. The van der Waals surface area contributed by atoms with Crippen LogP contribution in [0.2, 0.25) is 0 Å². The lowest BCUT2D eigenvalue weighted by molar-refractivity contribution is 0.0938. The molecule has 1 fully saturated rings. The van der Waals surface area contributed by atoms with E-state index in [1.54, 1.807) is 0 Å². The fourth-order valence-corrected chi connectivity index (χ4v) is 3.80. The Labute approximate surface area is 178 Å². The number of hydrogen-bond donors (Lipinski definition) is 1. The number of aromatic nitrogens is 2. The van der Waals surface area contributed by atoms with Crippen molar-refractivity contribution in [1.29, 1.82) is 0 Å². The lowest BCUT2D eigenvalue weighted by atomic mass is 10.0. The SMILES string of the molecule is C[C@H](CCc1ccccc1)NC(=O)c1cccc(-c2cnc(N3CCCC3)nc2)c1. The second-order valence-corrected chi connectivity index (χ2v) is 7.95. The third-order valence-corrected chi connectivity index (χ3v) is 5.57. The Morgan fingerprint density at radius 1 is 1.00 bits per heavy atom. The molecular weight excluding hydrogens is 372 g/mol. The van der Waals surface area contributed by atoms with Crippen LogP contribution in [0, 0.1) is 0 Å². The molecule has 1 N–H and O–H groups in total. The number of anilines is 1. The van der Waals surface area contributed by atoms with Crippen molar-refractivity contribution in [2.75, 3.05) is 18.0 Å². The predicted molar refractivity (Wildman–Crippen MR) is 121 cm³/mol. The molecule has 30 heavy (non-hydrogen) atoms. The Morgan fingerprint density at radius 3 is 2.47 bits per heavy atom. The van der Waals surface area contributed by atoms with E-state index >= 15 is 0 Å². The van der Waals surface area contributed by atoms with Crippen molar-refractivity contribution in [3.05, 3.63) is 78.1 Å². The van der Waals surface area contributed by atoms with Gasteiger partial charge in [-0.3, -0.25) is 4.79 Å². The van der Waals surface area contributed by atoms with Crippen molar-refractivity contribution >= 4 is 11.9 Å².